The molecule has 14 heteroatoms. The van der Waals surface area contributed by atoms with Crippen LogP contribution in [0.1, 0.15) is 65.9 Å². The molecule has 0 spiro atoms. The van der Waals surface area contributed by atoms with E-state index in [1.165, 1.54) is 5.56 Å². The van der Waals surface area contributed by atoms with Crippen LogP contribution in [0.5, 0.6) is 0 Å². The summed E-state index contributed by atoms with van der Waals surface area (Å²) >= 11 is 6.96. The summed E-state index contributed by atoms with van der Waals surface area (Å²) in [5.41, 5.74) is 6.89. The molecular formula is C40H40ClN7O6. The van der Waals surface area contributed by atoms with E-state index >= 15 is 0 Å². The van der Waals surface area contributed by atoms with Crippen molar-refractivity contribution in [1.29, 1.82) is 0 Å². The van der Waals surface area contributed by atoms with Crippen molar-refractivity contribution >= 4 is 63.5 Å². The minimum absolute atomic E-state index is 0.0188. The number of nitrogens with zero attached hydrogens (tertiary/aromatic N) is 5. The first-order valence-corrected chi connectivity index (χ1v) is 19.1. The summed E-state index contributed by atoms with van der Waals surface area (Å²) in [6, 6.07) is 12.9. The van der Waals surface area contributed by atoms with Gasteiger partial charge in [0, 0.05) is 79.4 Å². The number of carbonyl (C=O) groups is 5. The number of fused-ring (bicyclic) bond motifs is 2. The fraction of sp³-hybridized carbons (Fsp3) is 0.400. The Labute approximate surface area is 316 Å². The van der Waals surface area contributed by atoms with Crippen molar-refractivity contribution in [2.75, 3.05) is 49.1 Å². The Balaban J connectivity index is 0.765. The van der Waals surface area contributed by atoms with Gasteiger partial charge in [0.2, 0.25) is 23.6 Å². The number of benzene rings is 2. The first-order chi connectivity index (χ1) is 26.2. The summed E-state index contributed by atoms with van der Waals surface area (Å²) in [6.45, 7) is 2.45. The molecule has 2 N–H and O–H groups in total. The van der Waals surface area contributed by atoms with E-state index in [2.05, 4.69) is 20.2 Å². The molecule has 0 radical (unpaired) electrons. The molecule has 6 heterocycles. The van der Waals surface area contributed by atoms with Crippen molar-refractivity contribution in [2.45, 2.75) is 63.1 Å². The topological polar surface area (TPSA) is 148 Å². The lowest BCUT2D eigenvalue weighted by Gasteiger charge is -2.36. The number of amides is 5. The van der Waals surface area contributed by atoms with Crippen LogP contribution in [0.4, 0.5) is 11.4 Å². The second kappa shape index (κ2) is 13.9. The molecular weight excluding hydrogens is 710 g/mol. The smallest absolute Gasteiger partial charge is 0.255 e. The average molecular weight is 750 g/mol. The number of piperidine rings is 2. The summed E-state index contributed by atoms with van der Waals surface area (Å²) in [6.07, 6.45) is 8.02. The molecule has 4 aromatic rings. The molecule has 5 aliphatic rings. The van der Waals surface area contributed by atoms with E-state index < -0.39 is 11.9 Å². The molecule has 2 aromatic carbocycles. The zero-order chi connectivity index (χ0) is 37.1. The van der Waals surface area contributed by atoms with E-state index in [9.17, 15) is 24.0 Å². The maximum absolute atomic E-state index is 13.4. The molecule has 9 rings (SSSR count). The molecule has 4 fully saturated rings. The summed E-state index contributed by atoms with van der Waals surface area (Å²) in [5, 5.41) is 3.97. The van der Waals surface area contributed by atoms with Gasteiger partial charge in [-0.25, -0.2) is 4.98 Å². The van der Waals surface area contributed by atoms with Gasteiger partial charge in [0.1, 0.15) is 24.8 Å². The Bertz CT molecular complexity index is 2210. The molecule has 0 bridgehead atoms. The molecule has 278 valence electrons. The maximum atomic E-state index is 13.4. The van der Waals surface area contributed by atoms with E-state index in [-0.39, 0.29) is 49.3 Å². The van der Waals surface area contributed by atoms with Crippen LogP contribution in [0.3, 0.4) is 0 Å². The van der Waals surface area contributed by atoms with Gasteiger partial charge in [-0.15, -0.1) is 0 Å². The number of halogens is 1. The van der Waals surface area contributed by atoms with Gasteiger partial charge in [0.15, 0.2) is 0 Å². The average Bonchev–Trinajstić information content (AvgIpc) is 3.85. The summed E-state index contributed by atoms with van der Waals surface area (Å²) in [4.78, 5) is 78.6. The standard InChI is InChI=1S/C40H40ClN7O6/c41-37-31(19-43-38-36(37)30(18-42-38)23-4-5-23)24-2-1-3-27(16-24)47-15-14-46(21-34(47)50)35(51)22-54-28-10-12-45(13-11-28)26-6-7-29-25(17-26)20-48(40(29)53)32-8-9-33(49)44-39(32)52/h1-3,6-7,16-19,23,28,32H,4-5,8-15,20-22H2,(H,42,43)(H,44,49,52). The number of carbonyl (C=O) groups excluding carboxylic acids is 5. The Morgan fingerprint density at radius 3 is 2.52 bits per heavy atom. The van der Waals surface area contributed by atoms with E-state index in [0.29, 0.717) is 42.6 Å². The SMILES string of the molecule is O=C1CCC(N2Cc3cc(N4CCC(OCC(=O)N5CCN(c6cccc(-c7cnc8[nH]cc(C9CC9)c8c7Cl)c6)C(=O)C5)CC4)ccc3C2=O)C(=O)N1. The van der Waals surface area contributed by atoms with Crippen LogP contribution >= 0.6 is 11.6 Å². The lowest BCUT2D eigenvalue weighted by molar-refractivity contribution is -0.142. The minimum atomic E-state index is -0.643. The Kier molecular flexibility index (Phi) is 8.85. The number of hydrogen-bond acceptors (Lipinski definition) is 8. The second-order valence-electron chi connectivity index (χ2n) is 14.9. The third-order valence-electron chi connectivity index (χ3n) is 11.5. The third kappa shape index (κ3) is 6.38. The molecule has 1 aliphatic carbocycles. The first-order valence-electron chi connectivity index (χ1n) is 18.7. The van der Waals surface area contributed by atoms with E-state index in [4.69, 9.17) is 16.3 Å². The van der Waals surface area contributed by atoms with Crippen LogP contribution in [-0.4, -0.2) is 101 Å². The first kappa shape index (κ1) is 34.5. The normalized spacial score (nSPS) is 20.9. The van der Waals surface area contributed by atoms with Crippen molar-refractivity contribution < 1.29 is 28.7 Å². The van der Waals surface area contributed by atoms with Gasteiger partial charge >= 0.3 is 0 Å². The number of anilines is 2. The van der Waals surface area contributed by atoms with E-state index in [1.54, 1.807) is 20.9 Å². The molecule has 1 unspecified atom stereocenters. The van der Waals surface area contributed by atoms with Crippen LogP contribution in [0.2, 0.25) is 5.02 Å². The molecule has 1 saturated carbocycles. The molecule has 54 heavy (non-hydrogen) atoms. The number of ether oxygens (including phenoxy) is 1. The highest BCUT2D eigenvalue weighted by Gasteiger charge is 2.39. The molecule has 4 aliphatic heterocycles. The lowest BCUT2D eigenvalue weighted by Crippen LogP contribution is -2.53. The second-order valence-corrected chi connectivity index (χ2v) is 15.3. The van der Waals surface area contributed by atoms with Crippen molar-refractivity contribution in [3.05, 3.63) is 76.6 Å². The van der Waals surface area contributed by atoms with Crippen LogP contribution in [0.15, 0.2) is 54.9 Å². The fourth-order valence-electron chi connectivity index (χ4n) is 8.32. The van der Waals surface area contributed by atoms with Gasteiger partial charge in [0.05, 0.1) is 11.1 Å². The number of aromatic amines is 1. The zero-order valence-electron chi connectivity index (χ0n) is 29.7. The predicted molar refractivity (Wildman–Crippen MR) is 201 cm³/mol. The number of hydrogen-bond donors (Lipinski definition) is 2. The van der Waals surface area contributed by atoms with Gasteiger partial charge in [-0.3, -0.25) is 29.3 Å². The minimum Gasteiger partial charge on any atom is -0.371 e. The summed E-state index contributed by atoms with van der Waals surface area (Å²) in [5.74, 6) is -0.748. The van der Waals surface area contributed by atoms with Gasteiger partial charge in [-0.2, -0.15) is 0 Å². The van der Waals surface area contributed by atoms with Crippen LogP contribution in [0, 0.1) is 0 Å². The quantitative estimate of drug-likeness (QED) is 0.252. The monoisotopic (exact) mass is 749 g/mol. The fourth-order valence-corrected chi connectivity index (χ4v) is 8.67. The van der Waals surface area contributed by atoms with Gasteiger partial charge in [0.25, 0.3) is 5.91 Å². The highest BCUT2D eigenvalue weighted by Crippen LogP contribution is 2.46. The van der Waals surface area contributed by atoms with Crippen molar-refractivity contribution in [3.8, 4) is 11.1 Å². The highest BCUT2D eigenvalue weighted by atomic mass is 35.5. The number of pyridine rings is 1. The van der Waals surface area contributed by atoms with E-state index in [1.807, 2.05) is 48.7 Å². The molecule has 2 aromatic heterocycles. The highest BCUT2D eigenvalue weighted by molar-refractivity contribution is 6.38. The van der Waals surface area contributed by atoms with Crippen molar-refractivity contribution in [2.24, 2.45) is 0 Å². The van der Waals surface area contributed by atoms with Crippen molar-refractivity contribution in [3.63, 3.8) is 0 Å². The number of rotatable bonds is 8. The molecule has 1 atom stereocenters. The van der Waals surface area contributed by atoms with Gasteiger partial charge in [-0.05, 0) is 85.0 Å². The third-order valence-corrected chi connectivity index (χ3v) is 11.9. The van der Waals surface area contributed by atoms with Crippen molar-refractivity contribution in [1.82, 2.24) is 25.1 Å². The van der Waals surface area contributed by atoms with E-state index in [0.717, 1.165) is 77.9 Å². The largest absolute Gasteiger partial charge is 0.371 e. The van der Waals surface area contributed by atoms with Crippen LogP contribution in [-0.2, 0) is 30.5 Å². The van der Waals surface area contributed by atoms with Gasteiger partial charge < -0.3 is 29.3 Å². The number of H-pyrrole nitrogens is 1. The Morgan fingerprint density at radius 2 is 1.74 bits per heavy atom. The maximum Gasteiger partial charge on any atom is 0.255 e. The number of nitrogens with one attached hydrogen (secondary N) is 2. The summed E-state index contributed by atoms with van der Waals surface area (Å²) in [7, 11) is 0. The number of aromatic nitrogens is 2. The zero-order valence-corrected chi connectivity index (χ0v) is 30.4. The lowest BCUT2D eigenvalue weighted by atomic mass is 10.0. The van der Waals surface area contributed by atoms with Crippen LogP contribution < -0.4 is 15.1 Å². The number of imide groups is 1. The molecule has 13 nitrogen and oxygen atoms in total. The molecule has 5 amide bonds. The number of piperazine rings is 1. The predicted octanol–water partition coefficient (Wildman–Crippen LogP) is 4.38. The van der Waals surface area contributed by atoms with Gasteiger partial charge in [-0.1, -0.05) is 23.7 Å². The molecule has 3 saturated heterocycles. The Morgan fingerprint density at radius 1 is 0.907 bits per heavy atom. The Hall–Kier alpha value is -5.27. The van der Waals surface area contributed by atoms with Crippen LogP contribution in [0.25, 0.3) is 22.2 Å². The summed E-state index contributed by atoms with van der Waals surface area (Å²) < 4.78 is 6.07.